The second-order valence-corrected chi connectivity index (χ2v) is 3.63. The van der Waals surface area contributed by atoms with E-state index in [2.05, 4.69) is 4.98 Å². The van der Waals surface area contributed by atoms with Crippen molar-refractivity contribution in [1.82, 2.24) is 9.55 Å². The summed E-state index contributed by atoms with van der Waals surface area (Å²) in [4.78, 5) is 4.22. The zero-order chi connectivity index (χ0) is 10.6. The molecule has 4 heteroatoms. The summed E-state index contributed by atoms with van der Waals surface area (Å²) in [6.07, 6.45) is 5.81. The summed E-state index contributed by atoms with van der Waals surface area (Å²) in [5.41, 5.74) is 6.00. The van der Waals surface area contributed by atoms with Gasteiger partial charge in [0.05, 0.1) is 12.1 Å². The van der Waals surface area contributed by atoms with Crippen molar-refractivity contribution in [3.8, 4) is 0 Å². The molecule has 0 aromatic carbocycles. The van der Waals surface area contributed by atoms with Gasteiger partial charge in [-0.05, 0) is 19.8 Å². The molecule has 0 amide bonds. The van der Waals surface area contributed by atoms with Crippen LogP contribution in [0.4, 0.5) is 0 Å². The largest absolute Gasteiger partial charge is 0.382 e. The number of rotatable bonds is 5. The summed E-state index contributed by atoms with van der Waals surface area (Å²) < 4.78 is 7.13. The van der Waals surface area contributed by atoms with Gasteiger partial charge in [0.2, 0.25) is 0 Å². The van der Waals surface area contributed by atoms with Crippen LogP contribution in [0.25, 0.3) is 0 Å². The Hall–Kier alpha value is -0.870. The molecule has 0 radical (unpaired) electrons. The number of hydrogen-bond acceptors (Lipinski definition) is 3. The molecule has 0 spiro atoms. The molecule has 0 saturated carbocycles. The van der Waals surface area contributed by atoms with Gasteiger partial charge in [-0.15, -0.1) is 0 Å². The van der Waals surface area contributed by atoms with Crippen molar-refractivity contribution in [2.75, 3.05) is 7.11 Å². The Balaban J connectivity index is 2.43. The summed E-state index contributed by atoms with van der Waals surface area (Å²) in [7, 11) is 3.68. The maximum Gasteiger partial charge on any atom is 0.125 e. The van der Waals surface area contributed by atoms with Crippen molar-refractivity contribution < 1.29 is 4.74 Å². The third-order valence-corrected chi connectivity index (χ3v) is 2.48. The van der Waals surface area contributed by atoms with Crippen LogP contribution < -0.4 is 5.73 Å². The van der Waals surface area contributed by atoms with Crippen LogP contribution in [0.15, 0.2) is 12.4 Å². The summed E-state index contributed by atoms with van der Waals surface area (Å²) >= 11 is 0. The molecule has 1 heterocycles. The van der Waals surface area contributed by atoms with Crippen molar-refractivity contribution in [3.63, 3.8) is 0 Å². The Labute approximate surface area is 85.1 Å². The zero-order valence-electron chi connectivity index (χ0n) is 9.10. The minimum absolute atomic E-state index is 0.00704. The monoisotopic (exact) mass is 197 g/mol. The number of methoxy groups -OCH3 is 1. The van der Waals surface area contributed by atoms with E-state index >= 15 is 0 Å². The highest BCUT2D eigenvalue weighted by Crippen LogP contribution is 2.14. The summed E-state index contributed by atoms with van der Waals surface area (Å²) in [5.74, 6) is 0.938. The Bertz CT molecular complexity index is 272. The lowest BCUT2D eigenvalue weighted by molar-refractivity contribution is 0.107. The molecule has 0 aliphatic carbocycles. The first-order valence-corrected chi connectivity index (χ1v) is 4.90. The van der Waals surface area contributed by atoms with E-state index in [1.54, 1.807) is 13.3 Å². The minimum Gasteiger partial charge on any atom is -0.382 e. The molecule has 1 rings (SSSR count). The SMILES string of the molecule is COC(C)CCC(N)c1nccn1C. The van der Waals surface area contributed by atoms with E-state index in [-0.39, 0.29) is 12.1 Å². The van der Waals surface area contributed by atoms with Gasteiger partial charge in [-0.1, -0.05) is 0 Å². The van der Waals surface area contributed by atoms with E-state index in [1.165, 1.54) is 0 Å². The van der Waals surface area contributed by atoms with E-state index in [0.29, 0.717) is 0 Å². The number of imidazole rings is 1. The van der Waals surface area contributed by atoms with Crippen LogP contribution in [0.2, 0.25) is 0 Å². The zero-order valence-corrected chi connectivity index (χ0v) is 9.10. The average Bonchev–Trinajstić information content (AvgIpc) is 2.60. The van der Waals surface area contributed by atoms with E-state index in [9.17, 15) is 0 Å². The highest BCUT2D eigenvalue weighted by Gasteiger charge is 2.11. The second-order valence-electron chi connectivity index (χ2n) is 3.63. The first-order valence-electron chi connectivity index (χ1n) is 4.90. The number of nitrogens with two attached hydrogens (primary N) is 1. The molecular weight excluding hydrogens is 178 g/mol. The molecule has 0 fully saturated rings. The molecule has 80 valence electrons. The third kappa shape index (κ3) is 2.82. The van der Waals surface area contributed by atoms with E-state index in [4.69, 9.17) is 10.5 Å². The number of aromatic nitrogens is 2. The average molecular weight is 197 g/mol. The van der Waals surface area contributed by atoms with Crippen molar-refractivity contribution in [3.05, 3.63) is 18.2 Å². The Morgan fingerprint density at radius 3 is 2.79 bits per heavy atom. The predicted molar refractivity (Wildman–Crippen MR) is 55.8 cm³/mol. The third-order valence-electron chi connectivity index (χ3n) is 2.48. The van der Waals surface area contributed by atoms with Crippen LogP contribution >= 0.6 is 0 Å². The van der Waals surface area contributed by atoms with Crippen LogP contribution in [0, 0.1) is 0 Å². The Morgan fingerprint density at radius 1 is 1.57 bits per heavy atom. The van der Waals surface area contributed by atoms with Gasteiger partial charge in [-0.25, -0.2) is 4.98 Å². The van der Waals surface area contributed by atoms with Gasteiger partial charge < -0.3 is 15.0 Å². The summed E-state index contributed by atoms with van der Waals surface area (Å²) in [5, 5.41) is 0. The first kappa shape index (κ1) is 11.2. The van der Waals surface area contributed by atoms with Gasteiger partial charge >= 0.3 is 0 Å². The molecule has 0 saturated heterocycles. The molecule has 14 heavy (non-hydrogen) atoms. The first-order chi connectivity index (χ1) is 6.65. The van der Waals surface area contributed by atoms with Gasteiger partial charge in [0.25, 0.3) is 0 Å². The summed E-state index contributed by atoms with van der Waals surface area (Å²) in [6, 6.07) is 0.00704. The highest BCUT2D eigenvalue weighted by atomic mass is 16.5. The molecule has 2 unspecified atom stereocenters. The number of nitrogens with zero attached hydrogens (tertiary/aromatic N) is 2. The lowest BCUT2D eigenvalue weighted by Gasteiger charge is -2.14. The van der Waals surface area contributed by atoms with Crippen molar-refractivity contribution in [2.45, 2.75) is 31.9 Å². The highest BCUT2D eigenvalue weighted by molar-refractivity contribution is 4.97. The van der Waals surface area contributed by atoms with Crippen LogP contribution in [0.3, 0.4) is 0 Å². The number of hydrogen-bond donors (Lipinski definition) is 1. The van der Waals surface area contributed by atoms with Crippen LogP contribution in [-0.2, 0) is 11.8 Å². The van der Waals surface area contributed by atoms with Gasteiger partial charge in [0.15, 0.2) is 0 Å². The minimum atomic E-state index is 0.00704. The molecule has 0 aliphatic heterocycles. The maximum absolute atomic E-state index is 6.00. The lowest BCUT2D eigenvalue weighted by Crippen LogP contribution is -2.17. The smallest absolute Gasteiger partial charge is 0.125 e. The number of aryl methyl sites for hydroxylation is 1. The lowest BCUT2D eigenvalue weighted by atomic mass is 10.1. The van der Waals surface area contributed by atoms with Crippen molar-refractivity contribution >= 4 is 0 Å². The van der Waals surface area contributed by atoms with E-state index < -0.39 is 0 Å². The molecule has 4 nitrogen and oxygen atoms in total. The standard InChI is InChI=1S/C10H19N3O/c1-8(14-3)4-5-9(11)10-12-6-7-13(10)2/h6-9H,4-5,11H2,1-3H3. The maximum atomic E-state index is 6.00. The van der Waals surface area contributed by atoms with Gasteiger partial charge in [0.1, 0.15) is 5.82 Å². The van der Waals surface area contributed by atoms with Crippen molar-refractivity contribution in [2.24, 2.45) is 12.8 Å². The number of ether oxygens (including phenoxy) is 1. The predicted octanol–water partition coefficient (Wildman–Crippen LogP) is 1.24. The molecular formula is C10H19N3O. The molecule has 0 bridgehead atoms. The Kier molecular flexibility index (Phi) is 4.10. The fourth-order valence-electron chi connectivity index (χ4n) is 1.40. The second kappa shape index (κ2) is 5.12. The van der Waals surface area contributed by atoms with Crippen LogP contribution in [-0.4, -0.2) is 22.8 Å². The van der Waals surface area contributed by atoms with Crippen LogP contribution in [0.5, 0.6) is 0 Å². The quantitative estimate of drug-likeness (QED) is 0.772. The van der Waals surface area contributed by atoms with Crippen molar-refractivity contribution in [1.29, 1.82) is 0 Å². The van der Waals surface area contributed by atoms with E-state index in [1.807, 2.05) is 24.7 Å². The molecule has 2 atom stereocenters. The van der Waals surface area contributed by atoms with Gasteiger partial charge in [0, 0.05) is 26.6 Å². The van der Waals surface area contributed by atoms with E-state index in [0.717, 1.165) is 18.7 Å². The molecule has 1 aromatic rings. The van der Waals surface area contributed by atoms with Crippen LogP contribution in [0.1, 0.15) is 31.6 Å². The van der Waals surface area contributed by atoms with Gasteiger partial charge in [-0.2, -0.15) is 0 Å². The molecule has 0 aliphatic rings. The fraction of sp³-hybridized carbons (Fsp3) is 0.700. The molecule has 1 aromatic heterocycles. The van der Waals surface area contributed by atoms with Gasteiger partial charge in [-0.3, -0.25) is 0 Å². The fourth-order valence-corrected chi connectivity index (χ4v) is 1.40. The topological polar surface area (TPSA) is 53.1 Å². The molecule has 2 N–H and O–H groups in total. The summed E-state index contributed by atoms with van der Waals surface area (Å²) in [6.45, 7) is 2.05. The Morgan fingerprint density at radius 2 is 2.29 bits per heavy atom. The normalized spacial score (nSPS) is 15.4.